The zero-order valence-corrected chi connectivity index (χ0v) is 27.6. The summed E-state index contributed by atoms with van der Waals surface area (Å²) in [6, 6.07) is 8.86. The van der Waals surface area contributed by atoms with Crippen LogP contribution in [0.25, 0.3) is 0 Å². The van der Waals surface area contributed by atoms with Crippen LogP contribution in [0, 0.1) is 22.2 Å². The van der Waals surface area contributed by atoms with Crippen molar-refractivity contribution < 1.29 is 24.2 Å². The van der Waals surface area contributed by atoms with Gasteiger partial charge in [-0.2, -0.15) is 0 Å². The van der Waals surface area contributed by atoms with Crippen LogP contribution in [0.15, 0.2) is 76.6 Å². The fourth-order valence-electron chi connectivity index (χ4n) is 7.72. The Morgan fingerprint density at radius 2 is 1.56 bits per heavy atom. The minimum absolute atomic E-state index is 0.147. The lowest BCUT2D eigenvalue weighted by molar-refractivity contribution is -0.165. The van der Waals surface area contributed by atoms with Crippen molar-refractivity contribution in [3.63, 3.8) is 0 Å². The second kappa shape index (κ2) is 11.8. The lowest BCUT2D eigenvalue weighted by Crippen LogP contribution is -2.70. The van der Waals surface area contributed by atoms with Gasteiger partial charge in [-0.1, -0.05) is 72.2 Å². The third-order valence-corrected chi connectivity index (χ3v) is 10.2. The molecule has 1 aromatic rings. The van der Waals surface area contributed by atoms with Crippen molar-refractivity contribution in [1.29, 1.82) is 0 Å². The fourth-order valence-corrected chi connectivity index (χ4v) is 7.72. The van der Waals surface area contributed by atoms with Gasteiger partial charge in [-0.15, -0.1) is 0 Å². The van der Waals surface area contributed by atoms with E-state index in [0.29, 0.717) is 42.6 Å². The number of Topliss-reactive ketones (excluding diaryl/α,β-unsaturated/α-hetero) is 3. The lowest BCUT2D eigenvalue weighted by Gasteiger charge is -2.60. The first kappa shape index (κ1) is 32.9. The van der Waals surface area contributed by atoms with Gasteiger partial charge in [-0.3, -0.25) is 14.4 Å². The molecule has 1 aliphatic heterocycles. The number of rotatable bonds is 10. The van der Waals surface area contributed by atoms with Crippen LogP contribution >= 0.6 is 0 Å². The Balaban J connectivity index is 2.11. The van der Waals surface area contributed by atoms with Gasteiger partial charge in [0.05, 0.1) is 11.0 Å². The first-order valence-electron chi connectivity index (χ1n) is 15.7. The molecule has 2 aliphatic carbocycles. The highest BCUT2D eigenvalue weighted by Gasteiger charge is 2.78. The lowest BCUT2D eigenvalue weighted by atomic mass is 9.38. The summed E-state index contributed by atoms with van der Waals surface area (Å²) in [5.41, 5.74) is -1.14. The van der Waals surface area contributed by atoms with Gasteiger partial charge < -0.3 is 9.84 Å². The molecule has 5 atom stereocenters. The van der Waals surface area contributed by atoms with Crippen LogP contribution in [0.2, 0.25) is 0 Å². The van der Waals surface area contributed by atoms with E-state index in [9.17, 15) is 5.11 Å². The third-order valence-electron chi connectivity index (χ3n) is 10.2. The average molecular weight is 587 g/mol. The van der Waals surface area contributed by atoms with E-state index in [1.807, 2.05) is 46.8 Å². The molecule has 3 aliphatic rings. The highest BCUT2D eigenvalue weighted by Crippen LogP contribution is 2.70. The molecule has 1 spiro atoms. The van der Waals surface area contributed by atoms with Crippen molar-refractivity contribution in [2.75, 3.05) is 0 Å². The van der Waals surface area contributed by atoms with E-state index in [2.05, 4.69) is 26.0 Å². The Bertz CT molecular complexity index is 1410. The van der Waals surface area contributed by atoms with E-state index < -0.39 is 39.5 Å². The summed E-state index contributed by atoms with van der Waals surface area (Å²) < 4.78 is 6.50. The second-order valence-electron chi connectivity index (χ2n) is 14.6. The number of ether oxygens (including phenoxy) is 1. The normalized spacial score (nSPS) is 29.9. The van der Waals surface area contributed by atoms with Crippen LogP contribution in [0.4, 0.5) is 0 Å². The largest absolute Gasteiger partial charge is 0.490 e. The SMILES string of the molecule is CC(C)=CCCC1(C)C(CC=C(C)C)CC23CC(C(C)(C)O)OC2=C(CC=C(C)C)C(=O)C1(C(=O)c1ccccc1)C3=O. The molecule has 232 valence electrons. The van der Waals surface area contributed by atoms with Crippen molar-refractivity contribution in [2.45, 2.75) is 113 Å². The van der Waals surface area contributed by atoms with E-state index in [-0.39, 0.29) is 24.5 Å². The Morgan fingerprint density at radius 3 is 2.12 bits per heavy atom. The molecule has 1 aromatic carbocycles. The van der Waals surface area contributed by atoms with Crippen molar-refractivity contribution in [1.82, 2.24) is 0 Å². The Morgan fingerprint density at radius 1 is 0.953 bits per heavy atom. The van der Waals surface area contributed by atoms with Crippen molar-refractivity contribution in [2.24, 2.45) is 22.2 Å². The van der Waals surface area contributed by atoms with E-state index >= 15 is 14.4 Å². The maximum Gasteiger partial charge on any atom is 0.184 e. The summed E-state index contributed by atoms with van der Waals surface area (Å²) in [6.07, 6.45) is 8.42. The quantitative estimate of drug-likeness (QED) is 0.169. The monoisotopic (exact) mass is 586 g/mol. The molecule has 1 N–H and O–H groups in total. The van der Waals surface area contributed by atoms with E-state index in [4.69, 9.17) is 4.74 Å². The van der Waals surface area contributed by atoms with Crippen LogP contribution in [0.3, 0.4) is 0 Å². The number of aliphatic hydroxyl groups is 1. The number of hydrogen-bond acceptors (Lipinski definition) is 5. The number of carbonyl (C=O) groups excluding carboxylic acids is 3. The number of carbonyl (C=O) groups is 3. The van der Waals surface area contributed by atoms with Gasteiger partial charge in [0.1, 0.15) is 11.9 Å². The molecule has 2 fully saturated rings. The molecule has 4 rings (SSSR count). The van der Waals surface area contributed by atoms with Crippen LogP contribution in [-0.2, 0) is 14.3 Å². The summed E-state index contributed by atoms with van der Waals surface area (Å²) >= 11 is 0. The predicted octanol–water partition coefficient (Wildman–Crippen LogP) is 8.29. The Kier molecular flexibility index (Phi) is 9.02. The van der Waals surface area contributed by atoms with Crippen LogP contribution in [0.1, 0.15) is 111 Å². The summed E-state index contributed by atoms with van der Waals surface area (Å²) in [6.45, 7) is 17.5. The zero-order chi connectivity index (χ0) is 32.0. The smallest absolute Gasteiger partial charge is 0.184 e. The molecule has 0 amide bonds. The molecule has 1 saturated heterocycles. The molecule has 0 aromatic heterocycles. The molecule has 0 radical (unpaired) electrons. The third kappa shape index (κ3) is 5.43. The molecule has 43 heavy (non-hydrogen) atoms. The van der Waals surface area contributed by atoms with E-state index in [0.717, 1.165) is 16.7 Å². The molecule has 1 saturated carbocycles. The van der Waals surface area contributed by atoms with Gasteiger partial charge in [-0.25, -0.2) is 0 Å². The summed E-state index contributed by atoms with van der Waals surface area (Å²) in [5.74, 6) is -0.935. The molecular weight excluding hydrogens is 536 g/mol. The highest BCUT2D eigenvalue weighted by molar-refractivity contribution is 6.36. The molecule has 5 heteroatoms. The van der Waals surface area contributed by atoms with Crippen molar-refractivity contribution in [3.05, 3.63) is 82.2 Å². The predicted molar refractivity (Wildman–Crippen MR) is 171 cm³/mol. The number of fused-ring (bicyclic) bond motifs is 1. The minimum Gasteiger partial charge on any atom is -0.490 e. The number of benzene rings is 1. The number of allylic oxidation sites excluding steroid dienone is 8. The van der Waals surface area contributed by atoms with Crippen molar-refractivity contribution in [3.8, 4) is 0 Å². The van der Waals surface area contributed by atoms with Gasteiger partial charge in [0.15, 0.2) is 22.8 Å². The molecular formula is C38H50O5. The standard InChI is InChI=1S/C38H50O5/c1-24(2)14-13-21-36(9)28(19-17-25(3)4)22-37-23-30(35(7,8)42)43-33(37)29(20-18-26(5)6)32(40)38(36,34(37)41)31(39)27-15-11-10-12-16-27/h10-12,14-18,28,30,42H,13,19-23H2,1-9H3. The highest BCUT2D eigenvalue weighted by atomic mass is 16.5. The van der Waals surface area contributed by atoms with Crippen LogP contribution in [-0.4, -0.2) is 34.2 Å². The van der Waals surface area contributed by atoms with Gasteiger partial charge >= 0.3 is 0 Å². The first-order chi connectivity index (χ1) is 20.0. The van der Waals surface area contributed by atoms with Gasteiger partial charge in [0, 0.05) is 17.6 Å². The second-order valence-corrected chi connectivity index (χ2v) is 14.6. The fraction of sp³-hybridized carbons (Fsp3) is 0.553. The summed E-state index contributed by atoms with van der Waals surface area (Å²) in [4.78, 5) is 45.8. The molecule has 1 heterocycles. The number of ketones is 3. The van der Waals surface area contributed by atoms with Gasteiger partial charge in [-0.05, 0) is 98.8 Å². The van der Waals surface area contributed by atoms with Crippen molar-refractivity contribution >= 4 is 17.3 Å². The van der Waals surface area contributed by atoms with E-state index in [1.165, 1.54) is 0 Å². The van der Waals surface area contributed by atoms with Crippen LogP contribution in [0.5, 0.6) is 0 Å². The molecule has 2 bridgehead atoms. The summed E-state index contributed by atoms with van der Waals surface area (Å²) in [5, 5.41) is 11.1. The van der Waals surface area contributed by atoms with Gasteiger partial charge in [0.2, 0.25) is 0 Å². The Hall–Kier alpha value is -3.05. The average Bonchev–Trinajstić information content (AvgIpc) is 3.31. The minimum atomic E-state index is -1.91. The first-order valence-corrected chi connectivity index (χ1v) is 15.7. The van der Waals surface area contributed by atoms with Gasteiger partial charge in [0.25, 0.3) is 0 Å². The summed E-state index contributed by atoms with van der Waals surface area (Å²) in [7, 11) is 0. The van der Waals surface area contributed by atoms with E-state index in [1.54, 1.807) is 38.1 Å². The zero-order valence-electron chi connectivity index (χ0n) is 27.6. The van der Waals surface area contributed by atoms with Crippen LogP contribution < -0.4 is 0 Å². The molecule has 5 nitrogen and oxygen atoms in total. The topological polar surface area (TPSA) is 80.7 Å². The maximum absolute atomic E-state index is 15.4. The molecule has 5 unspecified atom stereocenters. The number of hydrogen-bond donors (Lipinski definition) is 1. The maximum atomic E-state index is 15.4. The Labute approximate surface area is 258 Å².